The predicted molar refractivity (Wildman–Crippen MR) is 88.9 cm³/mol. The zero-order valence-electron chi connectivity index (χ0n) is 13.1. The Balaban J connectivity index is 2.24. The van der Waals surface area contributed by atoms with Gasteiger partial charge in [-0.1, -0.05) is 18.7 Å². The van der Waals surface area contributed by atoms with Crippen LogP contribution in [0.15, 0.2) is 66.2 Å². The number of ether oxygens (including phenoxy) is 2. The first-order chi connectivity index (χ1) is 11.0. The van der Waals surface area contributed by atoms with Gasteiger partial charge in [-0.05, 0) is 42.0 Å². The van der Waals surface area contributed by atoms with Gasteiger partial charge in [0.25, 0.3) is 10.0 Å². The Kier molecular flexibility index (Phi) is 5.28. The van der Waals surface area contributed by atoms with Crippen LogP contribution in [0.1, 0.15) is 5.56 Å². The van der Waals surface area contributed by atoms with Crippen molar-refractivity contribution in [1.82, 2.24) is 4.31 Å². The quantitative estimate of drug-likeness (QED) is 0.781. The first-order valence-corrected chi connectivity index (χ1v) is 8.36. The Morgan fingerprint density at radius 3 is 1.87 bits per heavy atom. The van der Waals surface area contributed by atoms with E-state index in [4.69, 9.17) is 9.47 Å². The van der Waals surface area contributed by atoms with E-state index in [0.29, 0.717) is 5.75 Å². The number of methoxy groups -OCH3 is 2. The summed E-state index contributed by atoms with van der Waals surface area (Å²) < 4.78 is 36.7. The van der Waals surface area contributed by atoms with Crippen LogP contribution in [0.4, 0.5) is 0 Å². The van der Waals surface area contributed by atoms with E-state index in [0.717, 1.165) is 11.3 Å². The lowest BCUT2D eigenvalue weighted by Gasteiger charge is -2.20. The summed E-state index contributed by atoms with van der Waals surface area (Å²) >= 11 is 0. The first-order valence-electron chi connectivity index (χ1n) is 6.92. The lowest BCUT2D eigenvalue weighted by atomic mass is 10.2. The smallest absolute Gasteiger partial charge is 0.264 e. The average Bonchev–Trinajstić information content (AvgIpc) is 2.60. The maximum absolute atomic E-state index is 12.7. The van der Waals surface area contributed by atoms with Crippen molar-refractivity contribution in [2.45, 2.75) is 11.4 Å². The van der Waals surface area contributed by atoms with Gasteiger partial charge in [0.05, 0.1) is 25.7 Å². The maximum atomic E-state index is 12.7. The van der Waals surface area contributed by atoms with Crippen molar-refractivity contribution < 1.29 is 17.9 Å². The van der Waals surface area contributed by atoms with Gasteiger partial charge in [0, 0.05) is 6.20 Å². The molecule has 0 heterocycles. The molecule has 2 rings (SSSR count). The van der Waals surface area contributed by atoms with Crippen LogP contribution in [-0.4, -0.2) is 26.9 Å². The summed E-state index contributed by atoms with van der Waals surface area (Å²) in [6.07, 6.45) is 1.31. The summed E-state index contributed by atoms with van der Waals surface area (Å²) in [6, 6.07) is 13.5. The molecular formula is C17H19NO4S. The second-order valence-electron chi connectivity index (χ2n) is 4.76. The SMILES string of the molecule is C=CN(Cc1ccc(OC)cc1)S(=O)(=O)c1ccc(OC)cc1. The Morgan fingerprint density at radius 1 is 0.957 bits per heavy atom. The summed E-state index contributed by atoms with van der Waals surface area (Å²) in [7, 11) is -0.548. The van der Waals surface area contributed by atoms with E-state index in [1.54, 1.807) is 31.4 Å². The third kappa shape index (κ3) is 3.84. The fourth-order valence-electron chi connectivity index (χ4n) is 2.04. The zero-order valence-corrected chi connectivity index (χ0v) is 13.9. The molecule has 5 nitrogen and oxygen atoms in total. The van der Waals surface area contributed by atoms with Crippen molar-refractivity contribution in [3.05, 3.63) is 66.9 Å². The number of benzene rings is 2. The molecule has 0 radical (unpaired) electrons. The van der Waals surface area contributed by atoms with Crippen LogP contribution in [0.2, 0.25) is 0 Å². The minimum Gasteiger partial charge on any atom is -0.497 e. The van der Waals surface area contributed by atoms with Crippen LogP contribution in [0.3, 0.4) is 0 Å². The van der Waals surface area contributed by atoms with Crippen molar-refractivity contribution >= 4 is 10.0 Å². The summed E-state index contributed by atoms with van der Waals surface area (Å²) in [6.45, 7) is 3.81. The molecule has 0 saturated carbocycles. The Bertz CT molecular complexity index is 752. The molecule has 0 aliphatic heterocycles. The molecule has 0 unspecified atom stereocenters. The molecule has 0 aromatic heterocycles. The Morgan fingerprint density at radius 2 is 1.43 bits per heavy atom. The molecule has 0 fully saturated rings. The number of rotatable bonds is 7. The highest BCUT2D eigenvalue weighted by molar-refractivity contribution is 7.89. The van der Waals surface area contributed by atoms with Crippen LogP contribution >= 0.6 is 0 Å². The molecule has 0 saturated heterocycles. The van der Waals surface area contributed by atoms with Crippen LogP contribution in [0.25, 0.3) is 0 Å². The molecular weight excluding hydrogens is 314 g/mol. The molecule has 0 aliphatic rings. The highest BCUT2D eigenvalue weighted by atomic mass is 32.2. The molecule has 0 bridgehead atoms. The molecule has 0 atom stereocenters. The molecule has 2 aromatic rings. The van der Waals surface area contributed by atoms with E-state index in [-0.39, 0.29) is 11.4 Å². The molecule has 23 heavy (non-hydrogen) atoms. The predicted octanol–water partition coefficient (Wildman–Crippen LogP) is 3.04. The second-order valence-corrected chi connectivity index (χ2v) is 6.65. The van der Waals surface area contributed by atoms with Crippen molar-refractivity contribution in [1.29, 1.82) is 0 Å². The topological polar surface area (TPSA) is 55.8 Å². The number of sulfonamides is 1. The fourth-order valence-corrected chi connectivity index (χ4v) is 3.31. The van der Waals surface area contributed by atoms with Crippen molar-refractivity contribution in [3.63, 3.8) is 0 Å². The van der Waals surface area contributed by atoms with Crippen LogP contribution in [0, 0.1) is 0 Å². The standard InChI is InChI=1S/C17H19NO4S/c1-4-18(13-14-5-7-15(21-2)8-6-14)23(19,20)17-11-9-16(22-3)10-12-17/h4-12H,1,13H2,2-3H3. The minimum absolute atomic E-state index is 0.187. The van der Waals surface area contributed by atoms with Gasteiger partial charge in [-0.2, -0.15) is 0 Å². The van der Waals surface area contributed by atoms with E-state index < -0.39 is 10.0 Å². The second kappa shape index (κ2) is 7.19. The third-order valence-electron chi connectivity index (χ3n) is 3.37. The highest BCUT2D eigenvalue weighted by Crippen LogP contribution is 2.22. The van der Waals surface area contributed by atoms with E-state index in [1.165, 1.54) is 29.7 Å². The number of nitrogens with zero attached hydrogens (tertiary/aromatic N) is 1. The lowest BCUT2D eigenvalue weighted by Crippen LogP contribution is -2.25. The van der Waals surface area contributed by atoms with Crippen molar-refractivity contribution in [2.24, 2.45) is 0 Å². The molecule has 0 spiro atoms. The van der Waals surface area contributed by atoms with Crippen LogP contribution < -0.4 is 9.47 Å². The lowest BCUT2D eigenvalue weighted by molar-refractivity contribution is 0.414. The van der Waals surface area contributed by atoms with Gasteiger partial charge in [0.15, 0.2) is 0 Å². The number of hydrogen-bond acceptors (Lipinski definition) is 4. The Hall–Kier alpha value is -2.47. The number of hydrogen-bond donors (Lipinski definition) is 0. The van der Waals surface area contributed by atoms with Gasteiger partial charge in [0.2, 0.25) is 0 Å². The van der Waals surface area contributed by atoms with Gasteiger partial charge in [-0.15, -0.1) is 0 Å². The Labute approximate surface area is 136 Å². The summed E-state index contributed by atoms with van der Waals surface area (Å²) in [5.74, 6) is 1.32. The maximum Gasteiger partial charge on any atom is 0.264 e. The third-order valence-corrected chi connectivity index (χ3v) is 5.13. The molecule has 0 N–H and O–H groups in total. The molecule has 0 aliphatic carbocycles. The normalized spacial score (nSPS) is 10.9. The summed E-state index contributed by atoms with van der Waals surface area (Å²) in [5.41, 5.74) is 0.836. The van der Waals surface area contributed by atoms with E-state index in [2.05, 4.69) is 6.58 Å². The van der Waals surface area contributed by atoms with E-state index >= 15 is 0 Å². The molecule has 122 valence electrons. The average molecular weight is 333 g/mol. The van der Waals surface area contributed by atoms with Gasteiger partial charge in [-0.25, -0.2) is 8.42 Å². The van der Waals surface area contributed by atoms with Crippen molar-refractivity contribution in [3.8, 4) is 11.5 Å². The first kappa shape index (κ1) is 16.9. The van der Waals surface area contributed by atoms with Crippen molar-refractivity contribution in [2.75, 3.05) is 14.2 Å². The molecule has 6 heteroatoms. The largest absolute Gasteiger partial charge is 0.497 e. The zero-order chi connectivity index (χ0) is 16.9. The van der Waals surface area contributed by atoms with Gasteiger partial charge in [0.1, 0.15) is 11.5 Å². The molecule has 0 amide bonds. The summed E-state index contributed by atoms with van der Waals surface area (Å²) in [5, 5.41) is 0. The molecule has 2 aromatic carbocycles. The monoisotopic (exact) mass is 333 g/mol. The van der Waals surface area contributed by atoms with Crippen LogP contribution in [-0.2, 0) is 16.6 Å². The van der Waals surface area contributed by atoms with Gasteiger partial charge >= 0.3 is 0 Å². The minimum atomic E-state index is -3.66. The van der Waals surface area contributed by atoms with E-state index in [9.17, 15) is 8.42 Å². The van der Waals surface area contributed by atoms with E-state index in [1.807, 2.05) is 12.1 Å². The van der Waals surface area contributed by atoms with Gasteiger partial charge < -0.3 is 9.47 Å². The highest BCUT2D eigenvalue weighted by Gasteiger charge is 2.21. The fraction of sp³-hybridized carbons (Fsp3) is 0.176. The summed E-state index contributed by atoms with van der Waals surface area (Å²) in [4.78, 5) is 0.187. The van der Waals surface area contributed by atoms with Gasteiger partial charge in [-0.3, -0.25) is 4.31 Å². The van der Waals surface area contributed by atoms with Crippen LogP contribution in [0.5, 0.6) is 11.5 Å².